The number of methoxy groups -OCH3 is 1. The first-order chi connectivity index (χ1) is 8.79. The molecule has 0 aliphatic carbocycles. The molecule has 0 amide bonds. The number of carbonyl (C=O) groups excluding carboxylic acids is 1. The van der Waals surface area contributed by atoms with Crippen LogP contribution < -0.4 is 9.88 Å². The zero-order chi connectivity index (χ0) is 14.6. The molecule has 0 saturated heterocycles. The first-order valence-corrected chi connectivity index (χ1v) is 7.31. The maximum Gasteiger partial charge on any atom is 0.303 e. The van der Waals surface area contributed by atoms with Gasteiger partial charge < -0.3 is 9.47 Å². The zero-order valence-corrected chi connectivity index (χ0v) is 12.0. The zero-order valence-electron chi connectivity index (χ0n) is 10.4. The summed E-state index contributed by atoms with van der Waals surface area (Å²) in [5, 5.41) is 5.05. The van der Waals surface area contributed by atoms with Crippen LogP contribution in [0.15, 0.2) is 23.1 Å². The fraction of sp³-hybridized carbons (Fsp3) is 0.364. The first kappa shape index (κ1) is 15.7. The predicted molar refractivity (Wildman–Crippen MR) is 69.6 cm³/mol. The molecular formula is C11H14ClNO5S. The summed E-state index contributed by atoms with van der Waals surface area (Å²) in [7, 11) is -2.45. The lowest BCUT2D eigenvalue weighted by molar-refractivity contribution is -0.145. The van der Waals surface area contributed by atoms with E-state index in [1.54, 1.807) is 0 Å². The van der Waals surface area contributed by atoms with Crippen LogP contribution in [0.25, 0.3) is 0 Å². The fourth-order valence-electron chi connectivity index (χ4n) is 1.52. The number of benzene rings is 1. The van der Waals surface area contributed by atoms with E-state index in [0.717, 1.165) is 0 Å². The number of carbonyl (C=O) groups is 1. The largest absolute Gasteiger partial charge is 0.496 e. The smallest absolute Gasteiger partial charge is 0.303 e. The number of esters is 1. The van der Waals surface area contributed by atoms with E-state index >= 15 is 0 Å². The maximum atomic E-state index is 11.3. The third-order valence-electron chi connectivity index (χ3n) is 2.32. The van der Waals surface area contributed by atoms with Gasteiger partial charge in [0.1, 0.15) is 11.9 Å². The minimum atomic E-state index is -3.86. The van der Waals surface area contributed by atoms with Gasteiger partial charge in [-0.1, -0.05) is 0 Å². The van der Waals surface area contributed by atoms with Gasteiger partial charge in [-0.3, -0.25) is 4.79 Å². The summed E-state index contributed by atoms with van der Waals surface area (Å²) in [6.45, 7) is 1.23. The summed E-state index contributed by atoms with van der Waals surface area (Å²) in [4.78, 5) is 10.9. The Morgan fingerprint density at radius 1 is 1.47 bits per heavy atom. The Hall–Kier alpha value is -1.31. The maximum absolute atomic E-state index is 11.3. The summed E-state index contributed by atoms with van der Waals surface area (Å²) in [5.74, 6) is -0.211. The lowest BCUT2D eigenvalue weighted by atomic mass is 10.1. The molecule has 1 aromatic rings. The molecule has 0 aromatic heterocycles. The molecule has 0 aliphatic heterocycles. The Morgan fingerprint density at radius 2 is 2.11 bits per heavy atom. The number of primary sulfonamides is 1. The summed E-state index contributed by atoms with van der Waals surface area (Å²) >= 11 is 5.73. The molecule has 0 spiro atoms. The van der Waals surface area contributed by atoms with Gasteiger partial charge >= 0.3 is 5.97 Å². The molecule has 8 heteroatoms. The Labute approximate surface area is 116 Å². The van der Waals surface area contributed by atoms with E-state index in [2.05, 4.69) is 0 Å². The van der Waals surface area contributed by atoms with E-state index in [1.165, 1.54) is 32.2 Å². The Bertz CT molecular complexity index is 572. The number of nitrogens with two attached hydrogens (primary N) is 1. The van der Waals surface area contributed by atoms with Gasteiger partial charge in [-0.15, -0.1) is 11.6 Å². The molecule has 106 valence electrons. The van der Waals surface area contributed by atoms with E-state index in [1.807, 2.05) is 0 Å². The summed E-state index contributed by atoms with van der Waals surface area (Å²) < 4.78 is 32.7. The molecule has 1 rings (SSSR count). The highest BCUT2D eigenvalue weighted by Gasteiger charge is 2.21. The highest BCUT2D eigenvalue weighted by atomic mass is 35.5. The Kier molecular flexibility index (Phi) is 5.16. The lowest BCUT2D eigenvalue weighted by Crippen LogP contribution is -2.15. The van der Waals surface area contributed by atoms with Crippen molar-refractivity contribution in [3.05, 3.63) is 23.8 Å². The summed E-state index contributed by atoms with van der Waals surface area (Å²) in [6.07, 6.45) is -0.809. The van der Waals surface area contributed by atoms with E-state index in [-0.39, 0.29) is 10.8 Å². The molecular weight excluding hydrogens is 294 g/mol. The number of hydrogen-bond acceptors (Lipinski definition) is 5. The Morgan fingerprint density at radius 3 is 2.53 bits per heavy atom. The first-order valence-electron chi connectivity index (χ1n) is 5.23. The number of halogens is 1. The highest BCUT2D eigenvalue weighted by molar-refractivity contribution is 7.89. The van der Waals surface area contributed by atoms with Crippen molar-refractivity contribution in [2.75, 3.05) is 13.0 Å². The van der Waals surface area contributed by atoms with Crippen LogP contribution in [0.2, 0.25) is 0 Å². The van der Waals surface area contributed by atoms with Crippen LogP contribution in [0.3, 0.4) is 0 Å². The van der Waals surface area contributed by atoms with Crippen LogP contribution in [-0.4, -0.2) is 27.4 Å². The van der Waals surface area contributed by atoms with Gasteiger partial charge in [0, 0.05) is 12.5 Å². The number of sulfonamides is 1. The van der Waals surface area contributed by atoms with Crippen molar-refractivity contribution in [1.29, 1.82) is 0 Å². The van der Waals surface area contributed by atoms with Crippen molar-refractivity contribution in [2.24, 2.45) is 5.14 Å². The standard InChI is InChI=1S/C11H14ClNO5S/c1-7(14)18-11(6-12)9-5-8(19(13,15)16)3-4-10(9)17-2/h3-5,11H,6H2,1-2H3,(H2,13,15,16). The molecule has 0 fully saturated rings. The Balaban J connectivity index is 3.32. The molecule has 2 N–H and O–H groups in total. The minimum absolute atomic E-state index is 0.0377. The molecule has 1 unspecified atom stereocenters. The van der Waals surface area contributed by atoms with Gasteiger partial charge in [0.05, 0.1) is 17.9 Å². The van der Waals surface area contributed by atoms with Crippen molar-refractivity contribution >= 4 is 27.6 Å². The molecule has 6 nitrogen and oxygen atoms in total. The molecule has 1 atom stereocenters. The van der Waals surface area contributed by atoms with Crippen LogP contribution in [0, 0.1) is 0 Å². The molecule has 0 heterocycles. The molecule has 19 heavy (non-hydrogen) atoms. The minimum Gasteiger partial charge on any atom is -0.496 e. The third-order valence-corrected chi connectivity index (χ3v) is 3.52. The van der Waals surface area contributed by atoms with Crippen LogP contribution in [0.1, 0.15) is 18.6 Å². The normalized spacial score (nSPS) is 12.8. The second-order valence-electron chi connectivity index (χ2n) is 3.70. The van der Waals surface area contributed by atoms with Gasteiger partial charge in [-0.2, -0.15) is 0 Å². The average molecular weight is 308 g/mol. The number of hydrogen-bond donors (Lipinski definition) is 1. The summed E-state index contributed by atoms with van der Waals surface area (Å²) in [6, 6.07) is 4.01. The SMILES string of the molecule is COc1ccc(S(N)(=O)=O)cc1C(CCl)OC(C)=O. The number of alkyl halides is 1. The number of ether oxygens (including phenoxy) is 2. The van der Waals surface area contributed by atoms with Crippen LogP contribution >= 0.6 is 11.6 Å². The quantitative estimate of drug-likeness (QED) is 0.651. The van der Waals surface area contributed by atoms with Gasteiger partial charge in [-0.25, -0.2) is 13.6 Å². The number of rotatable bonds is 5. The highest BCUT2D eigenvalue weighted by Crippen LogP contribution is 2.30. The fourth-order valence-corrected chi connectivity index (χ4v) is 2.30. The second-order valence-corrected chi connectivity index (χ2v) is 5.57. The van der Waals surface area contributed by atoms with Crippen molar-refractivity contribution < 1.29 is 22.7 Å². The predicted octanol–water partition coefficient (Wildman–Crippen LogP) is 1.19. The van der Waals surface area contributed by atoms with Crippen molar-refractivity contribution in [2.45, 2.75) is 17.9 Å². The van der Waals surface area contributed by atoms with Gasteiger partial charge in [0.15, 0.2) is 0 Å². The lowest BCUT2D eigenvalue weighted by Gasteiger charge is -2.18. The third kappa shape index (κ3) is 4.09. The van der Waals surface area contributed by atoms with Crippen LogP contribution in [0.4, 0.5) is 0 Å². The van der Waals surface area contributed by atoms with Crippen molar-refractivity contribution in [3.63, 3.8) is 0 Å². The topological polar surface area (TPSA) is 95.7 Å². The molecule has 0 aliphatic rings. The monoisotopic (exact) mass is 307 g/mol. The molecule has 0 bridgehead atoms. The van der Waals surface area contributed by atoms with Gasteiger partial charge in [0.25, 0.3) is 0 Å². The van der Waals surface area contributed by atoms with Gasteiger partial charge in [-0.05, 0) is 18.2 Å². The van der Waals surface area contributed by atoms with E-state index in [9.17, 15) is 13.2 Å². The molecule has 1 aromatic carbocycles. The van der Waals surface area contributed by atoms with Gasteiger partial charge in [0.2, 0.25) is 10.0 Å². The molecule has 0 radical (unpaired) electrons. The van der Waals surface area contributed by atoms with Crippen molar-refractivity contribution in [3.8, 4) is 5.75 Å². The molecule has 0 saturated carbocycles. The van der Waals surface area contributed by atoms with Crippen molar-refractivity contribution in [1.82, 2.24) is 0 Å². The van der Waals surface area contributed by atoms with E-state index < -0.39 is 22.1 Å². The average Bonchev–Trinajstić information content (AvgIpc) is 2.33. The van der Waals surface area contributed by atoms with E-state index in [4.69, 9.17) is 26.2 Å². The van der Waals surface area contributed by atoms with Crippen LogP contribution in [0.5, 0.6) is 5.75 Å². The van der Waals surface area contributed by atoms with E-state index in [0.29, 0.717) is 11.3 Å². The van der Waals surface area contributed by atoms with Crippen LogP contribution in [-0.2, 0) is 19.6 Å². The summed E-state index contributed by atoms with van der Waals surface area (Å²) in [5.41, 5.74) is 0.347. The second kappa shape index (κ2) is 6.23.